The summed E-state index contributed by atoms with van der Waals surface area (Å²) in [4.78, 5) is 9.56. The number of hydrogen-bond donors (Lipinski definition) is 4. The van der Waals surface area contributed by atoms with Crippen LogP contribution in [0, 0.1) is 0 Å². The van der Waals surface area contributed by atoms with Crippen LogP contribution in [0.3, 0.4) is 0 Å². The molecule has 2 rings (SSSR count). The van der Waals surface area contributed by atoms with Crippen LogP contribution in [0.5, 0.6) is 23.5 Å². The van der Waals surface area contributed by atoms with Crippen molar-refractivity contribution < 1.29 is 30.1 Å². The molecule has 0 spiro atoms. The van der Waals surface area contributed by atoms with Crippen LogP contribution in [-0.2, 0) is 0 Å². The molecule has 0 aromatic carbocycles. The zero-order valence-corrected chi connectivity index (χ0v) is 9.53. The molecule has 0 atom stereocenters. The minimum Gasteiger partial charge on any atom is -0.492 e. The first-order chi connectivity index (χ1) is 8.49. The Morgan fingerprint density at radius 2 is 1.06 bits per heavy atom. The zero-order chi connectivity index (χ0) is 13.3. The molecule has 0 radical (unpaired) electrons. The molecule has 0 bridgehead atoms. The molecule has 4 N–H and O–H groups in total. The van der Waals surface area contributed by atoms with Gasteiger partial charge in [-0.3, -0.25) is 0 Å². The lowest BCUT2D eigenvalue weighted by atomic mass is 10.6. The Morgan fingerprint density at radius 1 is 0.778 bits per heavy atom. The average Bonchev–Trinajstić information content (AvgIpc) is 2.79. The van der Waals surface area contributed by atoms with Gasteiger partial charge in [-0.1, -0.05) is 0 Å². The fourth-order valence-corrected chi connectivity index (χ4v) is 1.31. The van der Waals surface area contributed by atoms with Gasteiger partial charge in [0.15, 0.2) is 0 Å². The first-order valence-electron chi connectivity index (χ1n) is 4.59. The predicted molar refractivity (Wildman–Crippen MR) is 61.3 cm³/mol. The van der Waals surface area contributed by atoms with E-state index in [1.807, 2.05) is 0 Å². The van der Waals surface area contributed by atoms with E-state index in [1.54, 1.807) is 0 Å². The highest BCUT2D eigenvalue weighted by Gasteiger charge is 2.14. The third kappa shape index (κ3) is 2.11. The molecule has 0 saturated heterocycles. The van der Waals surface area contributed by atoms with Gasteiger partial charge in [0.05, 0.1) is 0 Å². The summed E-state index contributed by atoms with van der Waals surface area (Å²) in [5.74, 6) is -1.61. The van der Waals surface area contributed by atoms with Crippen LogP contribution in [0.1, 0.15) is 0 Å². The lowest BCUT2D eigenvalue weighted by Gasteiger charge is -2.10. The number of aromatic nitrogens is 2. The fourth-order valence-electron chi connectivity index (χ4n) is 1.16. The summed E-state index contributed by atoms with van der Waals surface area (Å²) in [7, 11) is 0. The molecule has 0 saturated carbocycles. The molecular formula is C9H8N2O6S. The highest BCUT2D eigenvalue weighted by atomic mass is 32.1. The van der Waals surface area contributed by atoms with Crippen molar-refractivity contribution in [2.75, 3.05) is 0 Å². The molecule has 0 amide bonds. The molecule has 0 aliphatic carbocycles. The summed E-state index contributed by atoms with van der Waals surface area (Å²) in [6.07, 6.45) is 0. The molecule has 0 aliphatic rings. The van der Waals surface area contributed by atoms with Crippen LogP contribution in [0.15, 0.2) is 24.3 Å². The third-order valence-electron chi connectivity index (χ3n) is 1.93. The summed E-state index contributed by atoms with van der Waals surface area (Å²) in [5, 5.41) is 36.5. The SMILES string of the molecule is Oc1ccc(O)n1OC(=S)On1c(O)ccc1O. The largest absolute Gasteiger partial charge is 0.492 e. The van der Waals surface area contributed by atoms with E-state index < -0.39 is 28.8 Å². The van der Waals surface area contributed by atoms with Gasteiger partial charge < -0.3 is 30.1 Å². The summed E-state index contributed by atoms with van der Waals surface area (Å²) in [6.45, 7) is 0. The van der Waals surface area contributed by atoms with Gasteiger partial charge in [-0.15, -0.1) is 9.46 Å². The van der Waals surface area contributed by atoms with Crippen molar-refractivity contribution in [1.82, 2.24) is 9.46 Å². The molecule has 18 heavy (non-hydrogen) atoms. The number of hydrogen-bond acceptors (Lipinski definition) is 7. The highest BCUT2D eigenvalue weighted by molar-refractivity contribution is 7.79. The van der Waals surface area contributed by atoms with Crippen molar-refractivity contribution in [2.24, 2.45) is 0 Å². The van der Waals surface area contributed by atoms with E-state index in [2.05, 4.69) is 12.2 Å². The minimum absolute atomic E-state index is 0.403. The fraction of sp³-hybridized carbons (Fsp3) is 0. The number of nitrogens with zero attached hydrogens (tertiary/aromatic N) is 2. The van der Waals surface area contributed by atoms with Crippen molar-refractivity contribution >= 4 is 17.5 Å². The monoisotopic (exact) mass is 272 g/mol. The van der Waals surface area contributed by atoms with Gasteiger partial charge >= 0.3 is 5.24 Å². The molecule has 0 unspecified atom stereocenters. The Kier molecular flexibility index (Phi) is 2.90. The second-order valence-electron chi connectivity index (χ2n) is 3.12. The average molecular weight is 272 g/mol. The van der Waals surface area contributed by atoms with E-state index in [4.69, 9.17) is 9.68 Å². The standard InChI is InChI=1S/C9H8N2O6S/c12-5-1-2-6(13)10(5)16-9(18)17-11-7(14)3-4-8(11)15/h1-4,12-15H. The van der Waals surface area contributed by atoms with Crippen LogP contribution in [0.4, 0.5) is 0 Å². The maximum absolute atomic E-state index is 9.27. The topological polar surface area (TPSA) is 109 Å². The number of thiocarbonyl (C=S) groups is 1. The van der Waals surface area contributed by atoms with Crippen LogP contribution in [0.25, 0.3) is 0 Å². The van der Waals surface area contributed by atoms with E-state index in [9.17, 15) is 20.4 Å². The minimum atomic E-state index is -0.571. The molecule has 2 aromatic rings. The number of aromatic hydroxyl groups is 4. The van der Waals surface area contributed by atoms with Crippen molar-refractivity contribution in [3.8, 4) is 23.5 Å². The van der Waals surface area contributed by atoms with Crippen LogP contribution in [-0.4, -0.2) is 35.1 Å². The molecule has 0 aliphatic heterocycles. The molecule has 2 aromatic heterocycles. The van der Waals surface area contributed by atoms with Crippen molar-refractivity contribution in [2.45, 2.75) is 0 Å². The Labute approximate surface area is 105 Å². The quantitative estimate of drug-likeness (QED) is 0.568. The van der Waals surface area contributed by atoms with Gasteiger partial charge in [-0.25, -0.2) is 0 Å². The van der Waals surface area contributed by atoms with Gasteiger partial charge in [0.1, 0.15) is 0 Å². The maximum Gasteiger partial charge on any atom is 0.403 e. The van der Waals surface area contributed by atoms with Crippen molar-refractivity contribution in [3.63, 3.8) is 0 Å². The Balaban J connectivity index is 2.10. The van der Waals surface area contributed by atoms with Crippen LogP contribution in [0.2, 0.25) is 0 Å². The summed E-state index contributed by atoms with van der Waals surface area (Å²) in [6, 6.07) is 4.68. The smallest absolute Gasteiger partial charge is 0.403 e. The lowest BCUT2D eigenvalue weighted by molar-refractivity contribution is 0.101. The van der Waals surface area contributed by atoms with Gasteiger partial charge in [-0.2, -0.15) is 0 Å². The summed E-state index contributed by atoms with van der Waals surface area (Å²) < 4.78 is 1.19. The van der Waals surface area contributed by atoms with E-state index in [0.29, 0.717) is 9.46 Å². The molecule has 8 nitrogen and oxygen atoms in total. The van der Waals surface area contributed by atoms with Crippen LogP contribution >= 0.6 is 12.2 Å². The first-order valence-corrected chi connectivity index (χ1v) is 5.00. The maximum atomic E-state index is 9.27. The van der Waals surface area contributed by atoms with Crippen LogP contribution < -0.4 is 9.68 Å². The summed E-state index contributed by atoms with van der Waals surface area (Å²) in [5.41, 5.74) is 0. The van der Waals surface area contributed by atoms with Gasteiger partial charge in [0.2, 0.25) is 23.5 Å². The Morgan fingerprint density at radius 3 is 1.33 bits per heavy atom. The van der Waals surface area contributed by atoms with E-state index >= 15 is 0 Å². The highest BCUT2D eigenvalue weighted by Crippen LogP contribution is 2.20. The molecule has 9 heteroatoms. The van der Waals surface area contributed by atoms with E-state index in [-0.39, 0.29) is 0 Å². The second-order valence-corrected chi connectivity index (χ2v) is 3.45. The molecular weight excluding hydrogens is 264 g/mol. The van der Waals surface area contributed by atoms with E-state index in [1.165, 1.54) is 24.3 Å². The second kappa shape index (κ2) is 4.37. The van der Waals surface area contributed by atoms with E-state index in [0.717, 1.165) is 0 Å². The van der Waals surface area contributed by atoms with Gasteiger partial charge in [-0.05, 0) is 0 Å². The normalized spacial score (nSPS) is 10.2. The Hall–Kier alpha value is -2.55. The first kappa shape index (κ1) is 11.9. The Bertz CT molecular complexity index is 501. The van der Waals surface area contributed by atoms with Gasteiger partial charge in [0, 0.05) is 36.5 Å². The molecule has 0 fully saturated rings. The van der Waals surface area contributed by atoms with Gasteiger partial charge in [0.25, 0.3) is 0 Å². The van der Waals surface area contributed by atoms with Crippen molar-refractivity contribution in [1.29, 1.82) is 0 Å². The number of rotatable bonds is 2. The van der Waals surface area contributed by atoms with Crippen molar-refractivity contribution in [3.05, 3.63) is 24.3 Å². The predicted octanol–water partition coefficient (Wildman–Crippen LogP) is -0.0457. The summed E-state index contributed by atoms with van der Waals surface area (Å²) >= 11 is 4.66. The zero-order valence-electron chi connectivity index (χ0n) is 8.72. The third-order valence-corrected chi connectivity index (χ3v) is 2.08. The lowest BCUT2D eigenvalue weighted by Crippen LogP contribution is -2.27. The molecule has 96 valence electrons. The molecule has 2 heterocycles.